The molecule has 3 aromatic rings. The normalized spacial score (nSPS) is 10.2. The van der Waals surface area contributed by atoms with Gasteiger partial charge in [0.25, 0.3) is 5.91 Å². The predicted molar refractivity (Wildman–Crippen MR) is 95.6 cm³/mol. The molecule has 0 atom stereocenters. The highest BCUT2D eigenvalue weighted by Crippen LogP contribution is 2.17. The van der Waals surface area contributed by atoms with E-state index in [0.717, 1.165) is 22.5 Å². The summed E-state index contributed by atoms with van der Waals surface area (Å²) in [7, 11) is 0. The second-order valence-corrected chi connectivity index (χ2v) is 5.59. The zero-order chi connectivity index (χ0) is 16.9. The fourth-order valence-electron chi connectivity index (χ4n) is 2.44. The molecule has 0 aliphatic carbocycles. The van der Waals surface area contributed by atoms with E-state index in [-0.39, 0.29) is 5.91 Å². The van der Waals surface area contributed by atoms with Crippen molar-refractivity contribution in [1.29, 1.82) is 0 Å². The predicted octanol–water partition coefficient (Wildman–Crippen LogP) is 4.09. The van der Waals surface area contributed by atoms with Crippen LogP contribution in [0.25, 0.3) is 0 Å². The molecule has 24 heavy (non-hydrogen) atoms. The summed E-state index contributed by atoms with van der Waals surface area (Å²) in [6.45, 7) is 4.06. The fraction of sp³-hybridized carbons (Fsp3) is 0.105. The number of hydrogen-bond donors (Lipinski definition) is 2. The van der Waals surface area contributed by atoms with Crippen LogP contribution in [-0.2, 0) is 0 Å². The van der Waals surface area contributed by atoms with Crippen molar-refractivity contribution in [2.45, 2.75) is 13.8 Å². The van der Waals surface area contributed by atoms with E-state index in [1.807, 2.05) is 56.3 Å². The average Bonchev–Trinajstić information content (AvgIpc) is 2.55. The van der Waals surface area contributed by atoms with Gasteiger partial charge in [0.1, 0.15) is 5.69 Å². The van der Waals surface area contributed by atoms with Gasteiger partial charge in [-0.1, -0.05) is 24.3 Å². The molecule has 0 bridgehead atoms. The van der Waals surface area contributed by atoms with Crippen LogP contribution in [-0.4, -0.2) is 15.9 Å². The van der Waals surface area contributed by atoms with Crippen molar-refractivity contribution in [3.8, 4) is 0 Å². The van der Waals surface area contributed by atoms with E-state index in [0.29, 0.717) is 11.6 Å². The number of benzene rings is 2. The van der Waals surface area contributed by atoms with Gasteiger partial charge in [0.05, 0.1) is 0 Å². The maximum absolute atomic E-state index is 12.3. The van der Waals surface area contributed by atoms with Crippen LogP contribution in [0.5, 0.6) is 0 Å². The number of amides is 1. The van der Waals surface area contributed by atoms with Gasteiger partial charge in [-0.25, -0.2) is 9.97 Å². The van der Waals surface area contributed by atoms with E-state index >= 15 is 0 Å². The maximum Gasteiger partial charge on any atom is 0.274 e. The first kappa shape index (κ1) is 15.7. The van der Waals surface area contributed by atoms with Gasteiger partial charge in [-0.2, -0.15) is 0 Å². The minimum atomic E-state index is -0.271. The van der Waals surface area contributed by atoms with E-state index in [1.165, 1.54) is 0 Å². The van der Waals surface area contributed by atoms with Crippen LogP contribution in [0.2, 0.25) is 0 Å². The molecule has 1 amide bonds. The van der Waals surface area contributed by atoms with Crippen molar-refractivity contribution in [2.24, 2.45) is 0 Å². The highest BCUT2D eigenvalue weighted by atomic mass is 16.1. The lowest BCUT2D eigenvalue weighted by molar-refractivity contribution is 0.102. The molecule has 0 spiro atoms. The molecule has 0 fully saturated rings. The highest BCUT2D eigenvalue weighted by Gasteiger charge is 2.09. The summed E-state index contributed by atoms with van der Waals surface area (Å²) in [6.07, 6.45) is 1.57. The van der Waals surface area contributed by atoms with Gasteiger partial charge in [-0.15, -0.1) is 0 Å². The lowest BCUT2D eigenvalue weighted by Gasteiger charge is -2.09. The third kappa shape index (κ3) is 3.95. The second kappa shape index (κ2) is 6.91. The lowest BCUT2D eigenvalue weighted by atomic mass is 10.1. The molecule has 0 radical (unpaired) electrons. The van der Waals surface area contributed by atoms with Crippen LogP contribution < -0.4 is 10.6 Å². The first-order chi connectivity index (χ1) is 11.6. The molecule has 0 saturated carbocycles. The Morgan fingerprint density at radius 1 is 0.917 bits per heavy atom. The largest absolute Gasteiger partial charge is 0.324 e. The van der Waals surface area contributed by atoms with Gasteiger partial charge in [-0.05, 0) is 55.3 Å². The molecule has 0 unspecified atom stereocenters. The first-order valence-electron chi connectivity index (χ1n) is 7.65. The summed E-state index contributed by atoms with van der Waals surface area (Å²) < 4.78 is 0. The van der Waals surface area contributed by atoms with Gasteiger partial charge >= 0.3 is 0 Å². The summed E-state index contributed by atoms with van der Waals surface area (Å²) in [4.78, 5) is 20.8. The number of carbonyl (C=O) groups excluding carboxylic acids is 1. The monoisotopic (exact) mass is 318 g/mol. The van der Waals surface area contributed by atoms with Crippen molar-refractivity contribution in [2.75, 3.05) is 10.6 Å². The Labute approximate surface area is 140 Å². The number of carbonyl (C=O) groups is 1. The van der Waals surface area contributed by atoms with E-state index in [2.05, 4.69) is 26.7 Å². The molecule has 5 nitrogen and oxygen atoms in total. The molecule has 0 aliphatic heterocycles. The van der Waals surface area contributed by atoms with Crippen molar-refractivity contribution < 1.29 is 4.79 Å². The number of hydrogen-bond acceptors (Lipinski definition) is 4. The molecule has 5 heteroatoms. The van der Waals surface area contributed by atoms with Crippen molar-refractivity contribution >= 4 is 23.2 Å². The molecule has 1 aromatic heterocycles. The summed E-state index contributed by atoms with van der Waals surface area (Å²) in [5.41, 5.74) is 4.23. The summed E-state index contributed by atoms with van der Waals surface area (Å²) in [5, 5.41) is 5.95. The van der Waals surface area contributed by atoms with Crippen LogP contribution in [0.1, 0.15) is 21.6 Å². The summed E-state index contributed by atoms with van der Waals surface area (Å²) >= 11 is 0. The number of rotatable bonds is 4. The zero-order valence-electron chi connectivity index (χ0n) is 13.6. The quantitative estimate of drug-likeness (QED) is 0.760. The summed E-state index contributed by atoms with van der Waals surface area (Å²) in [6, 6.07) is 17.0. The molecule has 2 aromatic carbocycles. The molecule has 2 N–H and O–H groups in total. The maximum atomic E-state index is 12.3. The molecule has 120 valence electrons. The van der Waals surface area contributed by atoms with Crippen LogP contribution in [0.3, 0.4) is 0 Å². The van der Waals surface area contributed by atoms with E-state index < -0.39 is 0 Å². The van der Waals surface area contributed by atoms with Crippen LogP contribution >= 0.6 is 0 Å². The molecule has 0 saturated heterocycles. The van der Waals surface area contributed by atoms with Crippen molar-refractivity contribution in [3.05, 3.63) is 77.6 Å². The Balaban J connectivity index is 1.77. The fourth-order valence-corrected chi connectivity index (χ4v) is 2.44. The van der Waals surface area contributed by atoms with E-state index in [9.17, 15) is 4.79 Å². The first-order valence-corrected chi connectivity index (χ1v) is 7.65. The number of aryl methyl sites for hydroxylation is 2. The third-order valence-corrected chi connectivity index (χ3v) is 3.40. The van der Waals surface area contributed by atoms with E-state index in [1.54, 1.807) is 12.3 Å². The number of nitrogens with zero attached hydrogens (tertiary/aromatic N) is 2. The van der Waals surface area contributed by atoms with Crippen molar-refractivity contribution in [1.82, 2.24) is 9.97 Å². The topological polar surface area (TPSA) is 66.9 Å². The second-order valence-electron chi connectivity index (χ2n) is 5.59. The smallest absolute Gasteiger partial charge is 0.274 e. The Hall–Kier alpha value is -3.21. The lowest BCUT2D eigenvalue weighted by Crippen LogP contribution is -2.14. The highest BCUT2D eigenvalue weighted by molar-refractivity contribution is 6.02. The van der Waals surface area contributed by atoms with Gasteiger partial charge in [0.15, 0.2) is 0 Å². The Bertz CT molecular complexity index is 842. The Kier molecular flexibility index (Phi) is 4.52. The number of nitrogens with one attached hydrogen (secondary N) is 2. The Morgan fingerprint density at radius 3 is 2.33 bits per heavy atom. The molecule has 0 aliphatic rings. The minimum Gasteiger partial charge on any atom is -0.324 e. The summed E-state index contributed by atoms with van der Waals surface area (Å²) in [5.74, 6) is 0.118. The molecular formula is C19H18N4O. The van der Waals surface area contributed by atoms with Gasteiger partial charge in [0, 0.05) is 17.6 Å². The number of para-hydroxylation sites is 1. The number of aromatic nitrogens is 2. The SMILES string of the molecule is Cc1cc(C)cc(Nc2nccc(C(=O)Nc3ccccc3)n2)c1. The van der Waals surface area contributed by atoms with E-state index in [4.69, 9.17) is 0 Å². The van der Waals surface area contributed by atoms with Gasteiger partial charge < -0.3 is 10.6 Å². The van der Waals surface area contributed by atoms with Gasteiger partial charge in [0.2, 0.25) is 5.95 Å². The van der Waals surface area contributed by atoms with Crippen LogP contribution in [0.15, 0.2) is 60.8 Å². The van der Waals surface area contributed by atoms with Crippen molar-refractivity contribution in [3.63, 3.8) is 0 Å². The number of anilines is 3. The van der Waals surface area contributed by atoms with Gasteiger partial charge in [-0.3, -0.25) is 4.79 Å². The molecular weight excluding hydrogens is 300 g/mol. The van der Waals surface area contributed by atoms with Crippen LogP contribution in [0.4, 0.5) is 17.3 Å². The third-order valence-electron chi connectivity index (χ3n) is 3.40. The Morgan fingerprint density at radius 2 is 1.62 bits per heavy atom. The molecule has 1 heterocycles. The standard InChI is InChI=1S/C19H18N4O/c1-13-10-14(2)12-16(11-13)22-19-20-9-8-17(23-19)18(24)21-15-6-4-3-5-7-15/h3-12H,1-2H3,(H,21,24)(H,20,22,23). The molecule has 3 rings (SSSR count). The average molecular weight is 318 g/mol. The minimum absolute atomic E-state index is 0.271. The zero-order valence-corrected chi connectivity index (χ0v) is 13.6. The van der Waals surface area contributed by atoms with Crippen LogP contribution in [0, 0.1) is 13.8 Å².